The molecule has 0 spiro atoms. The summed E-state index contributed by atoms with van der Waals surface area (Å²) >= 11 is 0. The van der Waals surface area contributed by atoms with E-state index in [1.807, 2.05) is 43.4 Å². The van der Waals surface area contributed by atoms with E-state index < -0.39 is 44.7 Å². The van der Waals surface area contributed by atoms with E-state index in [0.29, 0.717) is 32.1 Å². The number of aliphatic hydroxyl groups is 2. The fourth-order valence-electron chi connectivity index (χ4n) is 5.99. The molecule has 4 N–H and O–H groups in total. The van der Waals surface area contributed by atoms with Gasteiger partial charge in [0.05, 0.1) is 18.8 Å². The Morgan fingerprint density at radius 1 is 0.586 bits per heavy atom. The first-order valence-electron chi connectivity index (χ1n) is 22.3. The number of ether oxygens (including phenoxy) is 2. The van der Waals surface area contributed by atoms with E-state index in [1.165, 1.54) is 83.5 Å². The van der Waals surface area contributed by atoms with E-state index in [1.54, 1.807) is 36.5 Å². The van der Waals surface area contributed by atoms with Gasteiger partial charge in [-0.2, -0.15) is 0 Å². The summed E-state index contributed by atoms with van der Waals surface area (Å²) in [5.41, 5.74) is 0. The lowest BCUT2D eigenvalue weighted by atomic mass is 10.0. The molecule has 0 rings (SSSR count). The molecular weight excluding hydrogens is 755 g/mol. The molecule has 0 saturated heterocycles. The number of esters is 2. The summed E-state index contributed by atoms with van der Waals surface area (Å²) in [7, 11) is -4.80. The molecule has 58 heavy (non-hydrogen) atoms. The Bertz CT molecular complexity index is 1220. The van der Waals surface area contributed by atoms with Crippen molar-refractivity contribution in [1.29, 1.82) is 0 Å². The SMILES string of the molecule is CC/C=C\C[C@@H](O)/C=C/C=C\C=C\[C@@H](O)C/C=C\C/C=C\CCC(=O)OC[C@H](COP(=O)(O)O)OC(=O)CCCCCCCCCCCCCCCCCCC(C)C. The smallest absolute Gasteiger partial charge is 0.462 e. The molecule has 0 aromatic carbocycles. The molecule has 3 atom stereocenters. The molecule has 0 amide bonds. The molecule has 0 fully saturated rings. The van der Waals surface area contributed by atoms with Gasteiger partial charge in [-0.15, -0.1) is 0 Å². The van der Waals surface area contributed by atoms with E-state index in [2.05, 4.69) is 18.4 Å². The zero-order valence-corrected chi connectivity index (χ0v) is 37.2. The predicted octanol–water partition coefficient (Wildman–Crippen LogP) is 11.6. The Hall–Kier alpha value is -2.59. The van der Waals surface area contributed by atoms with Crippen LogP contribution in [0.25, 0.3) is 0 Å². The lowest BCUT2D eigenvalue weighted by molar-refractivity contribution is -0.161. The number of aliphatic hydroxyl groups excluding tert-OH is 2. The van der Waals surface area contributed by atoms with Gasteiger partial charge in [-0.25, -0.2) is 4.57 Å². The van der Waals surface area contributed by atoms with Gasteiger partial charge >= 0.3 is 19.8 Å². The number of unbranched alkanes of at least 4 members (excludes halogenated alkanes) is 15. The van der Waals surface area contributed by atoms with Crippen molar-refractivity contribution in [2.24, 2.45) is 5.92 Å². The molecule has 0 radical (unpaired) electrons. The lowest BCUT2D eigenvalue weighted by Gasteiger charge is -2.18. The normalized spacial score (nSPS) is 14.3. The first-order chi connectivity index (χ1) is 27.9. The quantitative estimate of drug-likeness (QED) is 0.0154. The molecule has 334 valence electrons. The van der Waals surface area contributed by atoms with Crippen molar-refractivity contribution in [3.05, 3.63) is 72.9 Å². The van der Waals surface area contributed by atoms with Gasteiger partial charge in [0.1, 0.15) is 6.61 Å². The van der Waals surface area contributed by atoms with Crippen molar-refractivity contribution < 1.29 is 48.2 Å². The second-order valence-electron chi connectivity index (χ2n) is 15.5. The molecular formula is C47H81O10P. The van der Waals surface area contributed by atoms with Crippen molar-refractivity contribution in [1.82, 2.24) is 0 Å². The molecule has 0 heterocycles. The molecule has 0 aromatic rings. The van der Waals surface area contributed by atoms with Gasteiger partial charge in [0.15, 0.2) is 6.10 Å². The highest BCUT2D eigenvalue weighted by molar-refractivity contribution is 7.46. The van der Waals surface area contributed by atoms with Crippen LogP contribution < -0.4 is 0 Å². The predicted molar refractivity (Wildman–Crippen MR) is 237 cm³/mol. The van der Waals surface area contributed by atoms with E-state index in [-0.39, 0.29) is 19.4 Å². The van der Waals surface area contributed by atoms with Gasteiger partial charge < -0.3 is 29.5 Å². The second-order valence-corrected chi connectivity index (χ2v) is 16.8. The van der Waals surface area contributed by atoms with Crippen molar-refractivity contribution in [3.8, 4) is 0 Å². The summed E-state index contributed by atoms with van der Waals surface area (Å²) in [6.07, 6.45) is 44.2. The minimum Gasteiger partial charge on any atom is -0.462 e. The average molecular weight is 837 g/mol. The van der Waals surface area contributed by atoms with Crippen LogP contribution in [0.2, 0.25) is 0 Å². The Morgan fingerprint density at radius 3 is 1.57 bits per heavy atom. The summed E-state index contributed by atoms with van der Waals surface area (Å²) in [5, 5.41) is 19.9. The van der Waals surface area contributed by atoms with Crippen LogP contribution in [0.5, 0.6) is 0 Å². The molecule has 10 nitrogen and oxygen atoms in total. The average Bonchev–Trinajstić information content (AvgIpc) is 3.17. The lowest BCUT2D eigenvalue weighted by Crippen LogP contribution is -2.29. The summed E-state index contributed by atoms with van der Waals surface area (Å²) < 4.78 is 26.3. The van der Waals surface area contributed by atoms with E-state index in [4.69, 9.17) is 19.3 Å². The molecule has 0 aromatic heterocycles. The van der Waals surface area contributed by atoms with Gasteiger partial charge in [0.25, 0.3) is 0 Å². The van der Waals surface area contributed by atoms with E-state index in [0.717, 1.165) is 31.6 Å². The number of carbonyl (C=O) groups is 2. The minimum absolute atomic E-state index is 0.0835. The number of phosphoric acid groups is 1. The standard InChI is InChI=1S/C47H81O10P/c1-4-5-26-34-43(48)36-29-24-25-30-37-44(49)35-28-21-18-19-22-31-38-46(50)55-40-45(41-56-58(52,53)54)57-47(51)39-32-23-17-15-13-11-9-7-6-8-10-12-14-16-20-27-33-42(2)3/h5,19,21-22,24-26,28-30,36-37,42-45,48-49H,4,6-18,20,23,27,31-35,38-41H2,1-3H3,(H2,52,53,54)/b22-19-,25-24-,26-5-,28-21-,36-29+,37-30+/t43-,44+,45-/m1/s1. The summed E-state index contributed by atoms with van der Waals surface area (Å²) in [6.45, 7) is 5.70. The zero-order chi connectivity index (χ0) is 43.0. The Kier molecular flexibility index (Phi) is 38.1. The number of hydrogen-bond donors (Lipinski definition) is 4. The highest BCUT2D eigenvalue weighted by Gasteiger charge is 2.22. The highest BCUT2D eigenvalue weighted by atomic mass is 31.2. The van der Waals surface area contributed by atoms with Gasteiger partial charge in [-0.3, -0.25) is 14.1 Å². The second kappa shape index (κ2) is 39.8. The van der Waals surface area contributed by atoms with Crippen molar-refractivity contribution in [2.75, 3.05) is 13.2 Å². The number of carbonyl (C=O) groups excluding carboxylic acids is 2. The van der Waals surface area contributed by atoms with E-state index >= 15 is 0 Å². The van der Waals surface area contributed by atoms with Crippen molar-refractivity contribution >= 4 is 19.8 Å². The maximum Gasteiger partial charge on any atom is 0.469 e. The monoisotopic (exact) mass is 837 g/mol. The van der Waals surface area contributed by atoms with Gasteiger partial charge in [0.2, 0.25) is 0 Å². The maximum atomic E-state index is 12.4. The Morgan fingerprint density at radius 2 is 1.07 bits per heavy atom. The molecule has 0 bridgehead atoms. The zero-order valence-electron chi connectivity index (χ0n) is 36.3. The van der Waals surface area contributed by atoms with Gasteiger partial charge in [-0.1, -0.05) is 196 Å². The molecule has 11 heteroatoms. The maximum absolute atomic E-state index is 12.4. The Labute approximate surface area is 352 Å². The molecule has 0 aliphatic heterocycles. The van der Waals surface area contributed by atoms with Crippen LogP contribution in [0.15, 0.2) is 72.9 Å². The summed E-state index contributed by atoms with van der Waals surface area (Å²) in [5.74, 6) is -0.222. The van der Waals surface area contributed by atoms with Gasteiger partial charge in [-0.05, 0) is 44.4 Å². The molecule has 0 saturated carbocycles. The van der Waals surface area contributed by atoms with Crippen LogP contribution in [-0.2, 0) is 28.2 Å². The molecule has 0 unspecified atom stereocenters. The van der Waals surface area contributed by atoms with E-state index in [9.17, 15) is 24.4 Å². The number of hydrogen-bond acceptors (Lipinski definition) is 8. The Balaban J connectivity index is 4.11. The molecule has 0 aliphatic carbocycles. The number of allylic oxidation sites excluding steroid dienone is 8. The number of phosphoric ester groups is 1. The topological polar surface area (TPSA) is 160 Å². The van der Waals surface area contributed by atoms with Gasteiger partial charge in [0, 0.05) is 12.8 Å². The fourth-order valence-corrected chi connectivity index (χ4v) is 6.35. The fraction of sp³-hybridized carbons (Fsp3) is 0.702. The third-order valence-corrected chi connectivity index (χ3v) is 9.83. The number of rotatable bonds is 39. The highest BCUT2D eigenvalue weighted by Crippen LogP contribution is 2.36. The first kappa shape index (κ1) is 55.4. The third-order valence-electron chi connectivity index (χ3n) is 9.35. The minimum atomic E-state index is -4.80. The third kappa shape index (κ3) is 43.0. The van der Waals surface area contributed by atoms with Crippen LogP contribution in [-0.4, -0.2) is 63.5 Å². The summed E-state index contributed by atoms with van der Waals surface area (Å²) in [4.78, 5) is 42.9. The van der Waals surface area contributed by atoms with Crippen LogP contribution >= 0.6 is 7.82 Å². The van der Waals surface area contributed by atoms with Crippen LogP contribution in [0.3, 0.4) is 0 Å². The van der Waals surface area contributed by atoms with Crippen LogP contribution in [0.4, 0.5) is 0 Å². The van der Waals surface area contributed by atoms with Crippen LogP contribution in [0, 0.1) is 5.92 Å². The van der Waals surface area contributed by atoms with Crippen molar-refractivity contribution in [3.63, 3.8) is 0 Å². The van der Waals surface area contributed by atoms with Crippen molar-refractivity contribution in [2.45, 2.75) is 193 Å². The largest absolute Gasteiger partial charge is 0.469 e. The first-order valence-corrected chi connectivity index (χ1v) is 23.8. The summed E-state index contributed by atoms with van der Waals surface area (Å²) in [6, 6.07) is 0. The molecule has 0 aliphatic rings. The van der Waals surface area contributed by atoms with Crippen LogP contribution in [0.1, 0.15) is 175 Å².